The lowest BCUT2D eigenvalue weighted by atomic mass is 9.78. The molecule has 138 valence electrons. The maximum Gasteiger partial charge on any atom is 0.498 e. The third-order valence-corrected chi connectivity index (χ3v) is 4.92. The van der Waals surface area contributed by atoms with Gasteiger partial charge in [0, 0.05) is 24.3 Å². The minimum atomic E-state index is -0.775. The summed E-state index contributed by atoms with van der Waals surface area (Å²) in [7, 11) is 1.12. The van der Waals surface area contributed by atoms with Crippen LogP contribution in [0.3, 0.4) is 0 Å². The third-order valence-electron chi connectivity index (χ3n) is 4.92. The van der Waals surface area contributed by atoms with E-state index in [1.54, 1.807) is 19.2 Å². The summed E-state index contributed by atoms with van der Waals surface area (Å²) in [5, 5.41) is 3.05. The van der Waals surface area contributed by atoms with Gasteiger partial charge in [-0.3, -0.25) is 0 Å². The summed E-state index contributed by atoms with van der Waals surface area (Å²) >= 11 is 0. The largest absolute Gasteiger partial charge is 0.498 e. The van der Waals surface area contributed by atoms with E-state index < -0.39 is 30.0 Å². The Hall–Kier alpha value is -2.12. The molecule has 0 aliphatic carbocycles. The molecular weight excluding hydrogens is 339 g/mol. The Morgan fingerprint density at radius 1 is 0.923 bits per heavy atom. The molecule has 0 amide bonds. The molecule has 0 atom stereocenters. The summed E-state index contributed by atoms with van der Waals surface area (Å²) < 4.78 is 45.0. The van der Waals surface area contributed by atoms with Crippen LogP contribution in [0.25, 0.3) is 0 Å². The first-order valence-electron chi connectivity index (χ1n) is 8.43. The Morgan fingerprint density at radius 2 is 1.54 bits per heavy atom. The highest BCUT2D eigenvalue weighted by Crippen LogP contribution is 2.38. The van der Waals surface area contributed by atoms with Crippen molar-refractivity contribution >= 4 is 18.3 Å². The maximum atomic E-state index is 14.0. The summed E-state index contributed by atoms with van der Waals surface area (Å²) in [5.74, 6) is -1.12. The average Bonchev–Trinajstić information content (AvgIpc) is 2.78. The van der Waals surface area contributed by atoms with Gasteiger partial charge in [-0.25, -0.2) is 8.78 Å². The van der Waals surface area contributed by atoms with E-state index in [0.29, 0.717) is 11.2 Å². The van der Waals surface area contributed by atoms with E-state index in [1.165, 1.54) is 6.07 Å². The number of nitrogens with one attached hydrogen (secondary N) is 1. The molecule has 1 aliphatic heterocycles. The van der Waals surface area contributed by atoms with Crippen molar-refractivity contribution in [1.82, 2.24) is 0 Å². The number of benzene rings is 2. The number of anilines is 1. The predicted molar refractivity (Wildman–Crippen MR) is 98.1 cm³/mol. The molecule has 0 aromatic heterocycles. The van der Waals surface area contributed by atoms with Gasteiger partial charge in [-0.15, -0.1) is 0 Å². The molecule has 2 aromatic carbocycles. The number of halogens is 2. The SMILES string of the molecule is CNc1ccc(Oc2ccc(F)cc2F)c(B2OC(C)(C)C(C)(C)O2)c1. The first kappa shape index (κ1) is 18.7. The standard InChI is InChI=1S/C19H22BF2NO3/c1-18(2)19(3,4)26-20(25-18)14-11-13(23-5)7-9-16(14)24-17-8-6-12(21)10-15(17)22/h6-11,23H,1-5H3. The Balaban J connectivity index is 1.99. The van der Waals surface area contributed by atoms with Gasteiger partial charge in [0.1, 0.15) is 11.6 Å². The van der Waals surface area contributed by atoms with Crippen molar-refractivity contribution in [3.63, 3.8) is 0 Å². The Bertz CT molecular complexity index is 810. The molecule has 1 saturated heterocycles. The fourth-order valence-corrected chi connectivity index (χ4v) is 2.63. The molecule has 1 N–H and O–H groups in total. The average molecular weight is 361 g/mol. The fourth-order valence-electron chi connectivity index (χ4n) is 2.63. The lowest BCUT2D eigenvalue weighted by Gasteiger charge is -2.32. The number of ether oxygens (including phenoxy) is 1. The molecule has 3 rings (SSSR count). The zero-order chi connectivity index (χ0) is 19.1. The molecule has 0 saturated carbocycles. The van der Waals surface area contributed by atoms with E-state index in [-0.39, 0.29) is 5.75 Å². The monoisotopic (exact) mass is 361 g/mol. The van der Waals surface area contributed by atoms with Gasteiger partial charge in [-0.2, -0.15) is 0 Å². The van der Waals surface area contributed by atoms with Crippen LogP contribution in [0.1, 0.15) is 27.7 Å². The lowest BCUT2D eigenvalue weighted by Crippen LogP contribution is -2.41. The minimum Gasteiger partial charge on any atom is -0.455 e. The topological polar surface area (TPSA) is 39.7 Å². The third kappa shape index (κ3) is 3.41. The highest BCUT2D eigenvalue weighted by molar-refractivity contribution is 6.63. The van der Waals surface area contributed by atoms with Crippen molar-refractivity contribution in [2.24, 2.45) is 0 Å². The van der Waals surface area contributed by atoms with Crippen LogP contribution < -0.4 is 15.5 Å². The molecular formula is C19H22BF2NO3. The van der Waals surface area contributed by atoms with Crippen molar-refractivity contribution in [1.29, 1.82) is 0 Å². The smallest absolute Gasteiger partial charge is 0.455 e. The molecule has 2 aromatic rings. The Kier molecular flexibility index (Phi) is 4.71. The second-order valence-corrected chi connectivity index (χ2v) is 7.27. The highest BCUT2D eigenvalue weighted by atomic mass is 19.1. The van der Waals surface area contributed by atoms with Crippen LogP contribution in [0.2, 0.25) is 0 Å². The van der Waals surface area contributed by atoms with Crippen LogP contribution in [0.15, 0.2) is 36.4 Å². The first-order valence-corrected chi connectivity index (χ1v) is 8.43. The van der Waals surface area contributed by atoms with Gasteiger partial charge < -0.3 is 19.4 Å². The summed E-state index contributed by atoms with van der Waals surface area (Å²) in [4.78, 5) is 0. The number of hydrogen-bond donors (Lipinski definition) is 1. The predicted octanol–water partition coefficient (Wildman–Crippen LogP) is 4.10. The van der Waals surface area contributed by atoms with Gasteiger partial charge in [0.2, 0.25) is 0 Å². The Labute approximate surface area is 152 Å². The lowest BCUT2D eigenvalue weighted by molar-refractivity contribution is 0.00578. The maximum absolute atomic E-state index is 14.0. The van der Waals surface area contributed by atoms with Crippen LogP contribution in [0.4, 0.5) is 14.5 Å². The zero-order valence-corrected chi connectivity index (χ0v) is 15.5. The molecule has 1 aliphatic rings. The second kappa shape index (κ2) is 6.56. The van der Waals surface area contributed by atoms with Gasteiger partial charge in [0.15, 0.2) is 11.6 Å². The second-order valence-electron chi connectivity index (χ2n) is 7.27. The van der Waals surface area contributed by atoms with Crippen LogP contribution in [0.5, 0.6) is 11.5 Å². The van der Waals surface area contributed by atoms with Crippen LogP contribution in [-0.2, 0) is 9.31 Å². The highest BCUT2D eigenvalue weighted by Gasteiger charge is 2.52. The summed E-state index contributed by atoms with van der Waals surface area (Å²) in [6.07, 6.45) is 0. The zero-order valence-electron chi connectivity index (χ0n) is 15.5. The molecule has 7 heteroatoms. The van der Waals surface area contributed by atoms with Crippen molar-refractivity contribution in [3.8, 4) is 11.5 Å². The van der Waals surface area contributed by atoms with Gasteiger partial charge in [0.25, 0.3) is 0 Å². The van der Waals surface area contributed by atoms with E-state index in [0.717, 1.165) is 17.8 Å². The molecule has 0 bridgehead atoms. The van der Waals surface area contributed by atoms with E-state index in [1.807, 2.05) is 33.8 Å². The molecule has 26 heavy (non-hydrogen) atoms. The van der Waals surface area contributed by atoms with Crippen LogP contribution in [0, 0.1) is 11.6 Å². The van der Waals surface area contributed by atoms with E-state index in [2.05, 4.69) is 5.32 Å². The van der Waals surface area contributed by atoms with Gasteiger partial charge in [-0.1, -0.05) is 0 Å². The fraction of sp³-hybridized carbons (Fsp3) is 0.368. The van der Waals surface area contributed by atoms with Crippen LogP contribution in [-0.4, -0.2) is 25.4 Å². The van der Waals surface area contributed by atoms with Gasteiger partial charge in [0.05, 0.1) is 11.2 Å². The van der Waals surface area contributed by atoms with Crippen molar-refractivity contribution in [3.05, 3.63) is 48.0 Å². The summed E-state index contributed by atoms with van der Waals surface area (Å²) in [6.45, 7) is 7.81. The molecule has 0 unspecified atom stereocenters. The van der Waals surface area contributed by atoms with Crippen LogP contribution >= 0.6 is 0 Å². The molecule has 1 heterocycles. The van der Waals surface area contributed by atoms with Crippen molar-refractivity contribution in [2.45, 2.75) is 38.9 Å². The summed E-state index contributed by atoms with van der Waals surface area (Å²) in [6, 6.07) is 8.52. The van der Waals surface area contributed by atoms with Crippen molar-refractivity contribution < 1.29 is 22.8 Å². The van der Waals surface area contributed by atoms with Crippen molar-refractivity contribution in [2.75, 3.05) is 12.4 Å². The normalized spacial score (nSPS) is 18.0. The minimum absolute atomic E-state index is 0.0682. The quantitative estimate of drug-likeness (QED) is 0.833. The van der Waals surface area contributed by atoms with E-state index in [4.69, 9.17) is 14.0 Å². The number of rotatable bonds is 4. The molecule has 4 nitrogen and oxygen atoms in total. The summed E-state index contributed by atoms with van der Waals surface area (Å²) in [5.41, 5.74) is 0.415. The molecule has 0 spiro atoms. The van der Waals surface area contributed by atoms with E-state index in [9.17, 15) is 8.78 Å². The Morgan fingerprint density at radius 3 is 2.12 bits per heavy atom. The van der Waals surface area contributed by atoms with E-state index >= 15 is 0 Å². The number of hydrogen-bond acceptors (Lipinski definition) is 4. The molecule has 1 fully saturated rings. The first-order chi connectivity index (χ1) is 12.1. The molecule has 0 radical (unpaired) electrons. The van der Waals surface area contributed by atoms with Gasteiger partial charge in [-0.05, 0) is 58.0 Å². The van der Waals surface area contributed by atoms with Gasteiger partial charge >= 0.3 is 7.12 Å².